The van der Waals surface area contributed by atoms with Crippen molar-refractivity contribution in [1.29, 1.82) is 0 Å². The van der Waals surface area contributed by atoms with Gasteiger partial charge in [0.25, 0.3) is 0 Å². The zero-order valence-electron chi connectivity index (χ0n) is 12.2. The summed E-state index contributed by atoms with van der Waals surface area (Å²) in [6, 6.07) is 12.7. The number of hydrogen-bond acceptors (Lipinski definition) is 5. The summed E-state index contributed by atoms with van der Waals surface area (Å²) in [5.41, 5.74) is 0.863. The normalized spacial score (nSPS) is 10.6. The Morgan fingerprint density at radius 3 is 2.64 bits per heavy atom. The van der Waals surface area contributed by atoms with Crippen LogP contribution in [0.3, 0.4) is 0 Å². The van der Waals surface area contributed by atoms with Crippen LogP contribution in [0.1, 0.15) is 0 Å². The van der Waals surface area contributed by atoms with Crippen LogP contribution in [0.4, 0.5) is 0 Å². The average molecular weight is 313 g/mol. The van der Waals surface area contributed by atoms with E-state index in [1.165, 1.54) is 6.07 Å². The topological polar surface area (TPSA) is 51.6 Å². The van der Waals surface area contributed by atoms with E-state index in [1.807, 2.05) is 30.5 Å². The van der Waals surface area contributed by atoms with Crippen LogP contribution in [-0.2, 0) is 0 Å². The van der Waals surface area contributed by atoms with Crippen LogP contribution in [0.5, 0.6) is 23.0 Å². The Kier molecular flexibility index (Phi) is 4.06. The Hall–Kier alpha value is -2.40. The van der Waals surface area contributed by atoms with Gasteiger partial charge >= 0.3 is 0 Å². The van der Waals surface area contributed by atoms with E-state index in [-0.39, 0.29) is 5.75 Å². The van der Waals surface area contributed by atoms with Crippen LogP contribution in [-0.4, -0.2) is 23.5 Å². The lowest BCUT2D eigenvalue weighted by atomic mass is 10.2. The Morgan fingerprint density at radius 1 is 1.05 bits per heavy atom. The predicted octanol–water partition coefficient (Wildman–Crippen LogP) is 4.46. The molecule has 0 spiro atoms. The molecule has 1 heterocycles. The van der Waals surface area contributed by atoms with E-state index in [2.05, 4.69) is 4.98 Å². The lowest BCUT2D eigenvalue weighted by Gasteiger charge is -2.11. The van der Waals surface area contributed by atoms with Crippen molar-refractivity contribution in [3.8, 4) is 23.0 Å². The number of benzene rings is 2. The van der Waals surface area contributed by atoms with Crippen molar-refractivity contribution in [2.75, 3.05) is 13.4 Å². The van der Waals surface area contributed by atoms with Crippen LogP contribution in [0.25, 0.3) is 10.9 Å². The number of nitrogens with zero attached hydrogens (tertiary/aromatic N) is 1. The standard InChI is InChI=1S/C17H15NO3S/c1-20-12-7-11(19)8-13(9-12)21-17-5-6-18-16-4-3-14(22-2)10-15(16)17/h3-10,19H,1-2H3. The third kappa shape index (κ3) is 2.94. The lowest BCUT2D eigenvalue weighted by molar-refractivity contribution is 0.400. The number of aromatic nitrogens is 1. The van der Waals surface area contributed by atoms with Gasteiger partial charge in [0, 0.05) is 34.7 Å². The summed E-state index contributed by atoms with van der Waals surface area (Å²) in [4.78, 5) is 5.48. The zero-order chi connectivity index (χ0) is 15.5. The highest BCUT2D eigenvalue weighted by Gasteiger charge is 2.08. The van der Waals surface area contributed by atoms with Crippen molar-refractivity contribution < 1.29 is 14.6 Å². The number of pyridine rings is 1. The van der Waals surface area contributed by atoms with E-state index in [9.17, 15) is 5.11 Å². The second kappa shape index (κ2) is 6.15. The van der Waals surface area contributed by atoms with Crippen LogP contribution in [0.2, 0.25) is 0 Å². The molecule has 0 amide bonds. The Morgan fingerprint density at radius 2 is 1.86 bits per heavy atom. The highest BCUT2D eigenvalue weighted by atomic mass is 32.2. The van der Waals surface area contributed by atoms with Gasteiger partial charge in [0.1, 0.15) is 23.0 Å². The molecule has 22 heavy (non-hydrogen) atoms. The number of fused-ring (bicyclic) bond motifs is 1. The molecule has 3 rings (SSSR count). The van der Waals surface area contributed by atoms with Gasteiger partial charge in [-0.1, -0.05) is 0 Å². The summed E-state index contributed by atoms with van der Waals surface area (Å²) in [7, 11) is 1.55. The van der Waals surface area contributed by atoms with E-state index in [1.54, 1.807) is 37.2 Å². The molecule has 5 heteroatoms. The molecule has 1 N–H and O–H groups in total. The zero-order valence-corrected chi connectivity index (χ0v) is 13.1. The smallest absolute Gasteiger partial charge is 0.138 e. The quantitative estimate of drug-likeness (QED) is 0.721. The van der Waals surface area contributed by atoms with Gasteiger partial charge in [0.15, 0.2) is 0 Å². The van der Waals surface area contributed by atoms with Gasteiger partial charge in [-0.15, -0.1) is 11.8 Å². The Labute approximate surface area is 132 Å². The fraction of sp³-hybridized carbons (Fsp3) is 0.118. The van der Waals surface area contributed by atoms with Crippen molar-refractivity contribution in [2.24, 2.45) is 0 Å². The molecule has 4 nitrogen and oxygen atoms in total. The van der Waals surface area contributed by atoms with Crippen LogP contribution >= 0.6 is 11.8 Å². The average Bonchev–Trinajstić information content (AvgIpc) is 2.54. The van der Waals surface area contributed by atoms with Crippen molar-refractivity contribution in [3.05, 3.63) is 48.7 Å². The Balaban J connectivity index is 2.05. The van der Waals surface area contributed by atoms with E-state index in [0.29, 0.717) is 17.2 Å². The number of ether oxygens (including phenoxy) is 2. The van der Waals surface area contributed by atoms with Gasteiger partial charge in [-0.3, -0.25) is 4.98 Å². The van der Waals surface area contributed by atoms with Gasteiger partial charge in [-0.25, -0.2) is 0 Å². The number of methoxy groups -OCH3 is 1. The summed E-state index contributed by atoms with van der Waals surface area (Å²) in [5, 5.41) is 10.7. The van der Waals surface area contributed by atoms with Crippen LogP contribution in [0, 0.1) is 0 Å². The highest BCUT2D eigenvalue weighted by molar-refractivity contribution is 7.98. The fourth-order valence-corrected chi connectivity index (χ4v) is 2.62. The first-order chi connectivity index (χ1) is 10.7. The third-order valence-corrected chi connectivity index (χ3v) is 3.96. The number of thioether (sulfide) groups is 1. The van der Waals surface area contributed by atoms with Crippen LogP contribution < -0.4 is 9.47 Å². The van der Waals surface area contributed by atoms with Crippen molar-refractivity contribution in [3.63, 3.8) is 0 Å². The van der Waals surface area contributed by atoms with E-state index in [0.717, 1.165) is 15.8 Å². The molecule has 0 aliphatic carbocycles. The minimum absolute atomic E-state index is 0.0949. The van der Waals surface area contributed by atoms with E-state index in [4.69, 9.17) is 9.47 Å². The monoisotopic (exact) mass is 313 g/mol. The van der Waals surface area contributed by atoms with E-state index >= 15 is 0 Å². The molecular weight excluding hydrogens is 298 g/mol. The summed E-state index contributed by atoms with van der Waals surface area (Å²) in [5.74, 6) is 1.84. The first-order valence-electron chi connectivity index (χ1n) is 6.68. The highest BCUT2D eigenvalue weighted by Crippen LogP contribution is 2.34. The molecule has 0 aliphatic heterocycles. The number of rotatable bonds is 4. The summed E-state index contributed by atoms with van der Waals surface area (Å²) >= 11 is 1.66. The molecule has 112 valence electrons. The fourth-order valence-electron chi connectivity index (χ4n) is 2.18. The molecule has 3 aromatic rings. The maximum Gasteiger partial charge on any atom is 0.138 e. The molecule has 2 aromatic carbocycles. The minimum atomic E-state index is 0.0949. The molecule has 0 aliphatic rings. The van der Waals surface area contributed by atoms with Gasteiger partial charge < -0.3 is 14.6 Å². The number of phenolic OH excluding ortho intramolecular Hbond substituents is 1. The number of phenols is 1. The molecule has 0 radical (unpaired) electrons. The molecular formula is C17H15NO3S. The lowest BCUT2D eigenvalue weighted by Crippen LogP contribution is -1.89. The van der Waals surface area contributed by atoms with Crippen molar-refractivity contribution in [1.82, 2.24) is 4.98 Å². The van der Waals surface area contributed by atoms with Gasteiger partial charge in [0.2, 0.25) is 0 Å². The van der Waals surface area contributed by atoms with E-state index < -0.39 is 0 Å². The van der Waals surface area contributed by atoms with Gasteiger partial charge in [-0.05, 0) is 30.5 Å². The molecule has 0 fully saturated rings. The first kappa shape index (κ1) is 14.5. The minimum Gasteiger partial charge on any atom is -0.508 e. The maximum absolute atomic E-state index is 9.72. The summed E-state index contributed by atoms with van der Waals surface area (Å²) in [6.07, 6.45) is 3.73. The molecule has 0 saturated carbocycles. The maximum atomic E-state index is 9.72. The molecule has 1 aromatic heterocycles. The number of aromatic hydroxyl groups is 1. The summed E-state index contributed by atoms with van der Waals surface area (Å²) in [6.45, 7) is 0. The second-order valence-corrected chi connectivity index (χ2v) is 5.54. The molecule has 0 atom stereocenters. The first-order valence-corrected chi connectivity index (χ1v) is 7.91. The Bertz CT molecular complexity index is 820. The molecule has 0 saturated heterocycles. The predicted molar refractivity (Wildman–Crippen MR) is 88.3 cm³/mol. The SMILES string of the molecule is COc1cc(O)cc(Oc2ccnc3ccc(SC)cc23)c1. The van der Waals surface area contributed by atoms with Gasteiger partial charge in [0.05, 0.1) is 12.6 Å². The second-order valence-electron chi connectivity index (χ2n) is 4.66. The summed E-state index contributed by atoms with van der Waals surface area (Å²) < 4.78 is 11.1. The largest absolute Gasteiger partial charge is 0.508 e. The molecule has 0 bridgehead atoms. The van der Waals surface area contributed by atoms with Crippen molar-refractivity contribution in [2.45, 2.75) is 4.90 Å². The third-order valence-electron chi connectivity index (χ3n) is 3.24. The van der Waals surface area contributed by atoms with Gasteiger partial charge in [-0.2, -0.15) is 0 Å². The number of hydrogen-bond donors (Lipinski definition) is 1. The molecule has 0 unspecified atom stereocenters. The van der Waals surface area contributed by atoms with Crippen molar-refractivity contribution >= 4 is 22.7 Å². The van der Waals surface area contributed by atoms with Crippen LogP contribution in [0.15, 0.2) is 53.6 Å².